The van der Waals surface area contributed by atoms with E-state index in [0.717, 1.165) is 15.7 Å². The van der Waals surface area contributed by atoms with Gasteiger partial charge in [-0.2, -0.15) is 10.1 Å². The standard InChI is InChI=1S/C23H21ClN6O2/c1-28-20-19(21(31)29(2)23(28)32)30(15-17-12-6-7-13-18(17)24)22(26-20)27-25-14-8-11-16-9-4-3-5-10-16/h3-14H,15H2,1-2H3,(H,26,27)/b11-8+,25-14+. The molecule has 0 amide bonds. The molecule has 0 saturated carbocycles. The van der Waals surface area contributed by atoms with E-state index in [9.17, 15) is 9.59 Å². The summed E-state index contributed by atoms with van der Waals surface area (Å²) in [7, 11) is 3.02. The van der Waals surface area contributed by atoms with E-state index in [4.69, 9.17) is 11.6 Å². The van der Waals surface area contributed by atoms with Gasteiger partial charge in [-0.3, -0.25) is 18.5 Å². The molecule has 32 heavy (non-hydrogen) atoms. The van der Waals surface area contributed by atoms with Crippen LogP contribution < -0.4 is 16.7 Å². The molecule has 4 aromatic rings. The van der Waals surface area contributed by atoms with E-state index in [-0.39, 0.29) is 17.7 Å². The molecular weight excluding hydrogens is 428 g/mol. The van der Waals surface area contributed by atoms with E-state index in [1.165, 1.54) is 11.6 Å². The van der Waals surface area contributed by atoms with Gasteiger partial charge in [-0.1, -0.05) is 66.2 Å². The molecule has 4 rings (SSSR count). The van der Waals surface area contributed by atoms with Crippen molar-refractivity contribution in [1.29, 1.82) is 0 Å². The Morgan fingerprint density at radius 3 is 2.50 bits per heavy atom. The molecule has 0 aliphatic carbocycles. The zero-order valence-corrected chi connectivity index (χ0v) is 18.3. The zero-order valence-electron chi connectivity index (χ0n) is 17.6. The largest absolute Gasteiger partial charge is 0.332 e. The molecule has 0 aliphatic heterocycles. The summed E-state index contributed by atoms with van der Waals surface area (Å²) < 4.78 is 4.07. The number of imidazole rings is 1. The second kappa shape index (κ2) is 9.07. The summed E-state index contributed by atoms with van der Waals surface area (Å²) in [4.78, 5) is 29.8. The number of benzene rings is 2. The van der Waals surface area contributed by atoms with Gasteiger partial charge >= 0.3 is 5.69 Å². The lowest BCUT2D eigenvalue weighted by molar-refractivity contribution is 0.702. The van der Waals surface area contributed by atoms with Crippen molar-refractivity contribution in [1.82, 2.24) is 18.7 Å². The Labute approximate surface area is 188 Å². The molecule has 0 radical (unpaired) electrons. The van der Waals surface area contributed by atoms with Crippen molar-refractivity contribution in [3.63, 3.8) is 0 Å². The van der Waals surface area contributed by atoms with Gasteiger partial charge in [0.2, 0.25) is 5.95 Å². The minimum atomic E-state index is -0.453. The van der Waals surface area contributed by atoms with Crippen LogP contribution in [-0.4, -0.2) is 24.9 Å². The summed E-state index contributed by atoms with van der Waals surface area (Å²) in [5, 5.41) is 4.77. The molecule has 0 unspecified atom stereocenters. The molecule has 2 aromatic heterocycles. The lowest BCUT2D eigenvalue weighted by Gasteiger charge is -2.10. The summed E-state index contributed by atoms with van der Waals surface area (Å²) >= 11 is 6.34. The first-order chi connectivity index (χ1) is 15.5. The Kier molecular flexibility index (Phi) is 6.04. The first-order valence-corrected chi connectivity index (χ1v) is 10.3. The SMILES string of the molecule is Cn1c(=O)c2c(nc(N/N=C/C=C/c3ccccc3)n2Cc2ccccc2Cl)n(C)c1=O. The van der Waals surface area contributed by atoms with E-state index in [1.54, 1.807) is 30.0 Å². The summed E-state index contributed by atoms with van der Waals surface area (Å²) in [5.41, 5.74) is 4.39. The summed E-state index contributed by atoms with van der Waals surface area (Å²) in [6.07, 6.45) is 5.29. The van der Waals surface area contributed by atoms with Gasteiger partial charge < -0.3 is 0 Å². The Hall–Kier alpha value is -3.91. The number of fused-ring (bicyclic) bond motifs is 1. The minimum Gasteiger partial charge on any atom is -0.298 e. The quantitative estimate of drug-likeness (QED) is 0.362. The third-order valence-corrected chi connectivity index (χ3v) is 5.42. The second-order valence-electron chi connectivity index (χ2n) is 7.15. The maximum Gasteiger partial charge on any atom is 0.332 e. The molecule has 162 valence electrons. The average molecular weight is 449 g/mol. The molecule has 8 nitrogen and oxygen atoms in total. The average Bonchev–Trinajstić information content (AvgIpc) is 3.16. The van der Waals surface area contributed by atoms with Crippen molar-refractivity contribution in [2.75, 3.05) is 5.43 Å². The number of rotatable bonds is 6. The Morgan fingerprint density at radius 2 is 1.75 bits per heavy atom. The number of halogens is 1. The maximum absolute atomic E-state index is 12.9. The first-order valence-electron chi connectivity index (χ1n) is 9.88. The van der Waals surface area contributed by atoms with Crippen LogP contribution in [0.4, 0.5) is 5.95 Å². The summed E-state index contributed by atoms with van der Waals surface area (Å²) in [5.74, 6) is 0.322. The van der Waals surface area contributed by atoms with Crippen molar-refractivity contribution < 1.29 is 0 Å². The molecular formula is C23H21ClN6O2. The Bertz CT molecular complexity index is 1450. The number of nitrogens with one attached hydrogen (secondary N) is 1. The van der Waals surface area contributed by atoms with E-state index in [2.05, 4.69) is 15.5 Å². The van der Waals surface area contributed by atoms with Gasteiger partial charge in [0, 0.05) is 25.3 Å². The number of aryl methyl sites for hydroxylation is 1. The fraction of sp³-hybridized carbons (Fsp3) is 0.130. The van der Waals surface area contributed by atoms with Crippen molar-refractivity contribution >= 4 is 41.0 Å². The Morgan fingerprint density at radius 1 is 1.03 bits per heavy atom. The van der Waals surface area contributed by atoms with Gasteiger partial charge in [0.25, 0.3) is 5.56 Å². The molecule has 0 bridgehead atoms. The topological polar surface area (TPSA) is 86.2 Å². The highest BCUT2D eigenvalue weighted by molar-refractivity contribution is 6.31. The number of hydrogen-bond acceptors (Lipinski definition) is 5. The van der Waals surface area contributed by atoms with E-state index >= 15 is 0 Å². The predicted molar refractivity (Wildman–Crippen MR) is 128 cm³/mol. The third kappa shape index (κ3) is 4.13. The van der Waals surface area contributed by atoms with Crippen molar-refractivity contribution in [3.8, 4) is 0 Å². The number of hydrogen-bond donors (Lipinski definition) is 1. The van der Waals surface area contributed by atoms with Crippen molar-refractivity contribution in [2.45, 2.75) is 6.54 Å². The van der Waals surface area contributed by atoms with Crippen LogP contribution in [0.15, 0.2) is 75.4 Å². The highest BCUT2D eigenvalue weighted by Crippen LogP contribution is 2.22. The molecule has 0 fully saturated rings. The van der Waals surface area contributed by atoms with Gasteiger partial charge in [0.05, 0.1) is 6.54 Å². The van der Waals surface area contributed by atoms with Crippen LogP contribution in [0.5, 0.6) is 0 Å². The van der Waals surface area contributed by atoms with Crippen LogP contribution in [0.1, 0.15) is 11.1 Å². The fourth-order valence-corrected chi connectivity index (χ4v) is 3.53. The highest BCUT2D eigenvalue weighted by Gasteiger charge is 2.19. The van der Waals surface area contributed by atoms with Crippen LogP contribution in [0.25, 0.3) is 17.2 Å². The third-order valence-electron chi connectivity index (χ3n) is 5.05. The first kappa shape index (κ1) is 21.3. The number of hydrazone groups is 1. The van der Waals surface area contributed by atoms with Crippen LogP contribution in [-0.2, 0) is 20.6 Å². The number of nitrogens with zero attached hydrogens (tertiary/aromatic N) is 5. The van der Waals surface area contributed by atoms with Crippen molar-refractivity contribution in [3.05, 3.63) is 97.7 Å². The van der Waals surface area contributed by atoms with E-state index < -0.39 is 11.2 Å². The van der Waals surface area contributed by atoms with Crippen LogP contribution >= 0.6 is 11.6 Å². The maximum atomic E-state index is 12.9. The molecule has 2 aromatic carbocycles. The van der Waals surface area contributed by atoms with Gasteiger partial charge in [-0.25, -0.2) is 10.2 Å². The van der Waals surface area contributed by atoms with Gasteiger partial charge in [-0.05, 0) is 23.3 Å². The second-order valence-corrected chi connectivity index (χ2v) is 7.56. The summed E-state index contributed by atoms with van der Waals surface area (Å²) in [6, 6.07) is 17.2. The number of anilines is 1. The molecule has 0 saturated heterocycles. The minimum absolute atomic E-state index is 0.266. The smallest absolute Gasteiger partial charge is 0.298 e. The lowest BCUT2D eigenvalue weighted by Crippen LogP contribution is -2.37. The molecule has 0 atom stereocenters. The molecule has 2 heterocycles. The molecule has 1 N–H and O–H groups in total. The summed E-state index contributed by atoms with van der Waals surface area (Å²) in [6.45, 7) is 0.279. The monoisotopic (exact) mass is 448 g/mol. The van der Waals surface area contributed by atoms with Crippen LogP contribution in [0.3, 0.4) is 0 Å². The molecule has 0 aliphatic rings. The molecule has 9 heteroatoms. The number of aromatic nitrogens is 4. The van der Waals surface area contributed by atoms with E-state index in [0.29, 0.717) is 11.0 Å². The molecule has 0 spiro atoms. The van der Waals surface area contributed by atoms with E-state index in [1.807, 2.05) is 54.6 Å². The zero-order chi connectivity index (χ0) is 22.7. The van der Waals surface area contributed by atoms with Gasteiger partial charge in [-0.15, -0.1) is 0 Å². The number of allylic oxidation sites excluding steroid dienone is 1. The fourth-order valence-electron chi connectivity index (χ4n) is 3.34. The highest BCUT2D eigenvalue weighted by atomic mass is 35.5. The lowest BCUT2D eigenvalue weighted by atomic mass is 10.2. The normalized spacial score (nSPS) is 11.7. The van der Waals surface area contributed by atoms with Gasteiger partial charge in [0.1, 0.15) is 0 Å². The predicted octanol–water partition coefficient (Wildman–Crippen LogP) is 3.25. The van der Waals surface area contributed by atoms with Gasteiger partial charge in [0.15, 0.2) is 11.2 Å². The Balaban J connectivity index is 1.74. The van der Waals surface area contributed by atoms with Crippen LogP contribution in [0.2, 0.25) is 5.02 Å². The van der Waals surface area contributed by atoms with Crippen LogP contribution in [0, 0.1) is 0 Å². The van der Waals surface area contributed by atoms with Crippen molar-refractivity contribution in [2.24, 2.45) is 19.2 Å².